The van der Waals surface area contributed by atoms with Crippen molar-refractivity contribution < 1.29 is 21.9 Å². The second kappa shape index (κ2) is 71.3. The zero-order valence-corrected chi connectivity index (χ0v) is 10.7. The Bertz CT molecular complexity index is 135. The average Bonchev–Trinajstić information content (AvgIpc) is 2.30. The molecule has 0 rings (SSSR count). The normalized spacial score (nSPS) is 5.68. The maximum Gasteiger partial charge on any atom is 0.0689 e. The molecule has 0 aromatic heterocycles. The molecule has 0 heterocycles. The van der Waals surface area contributed by atoms with E-state index < -0.39 is 5.09 Å². The number of rotatable bonds is 2. The topological polar surface area (TPSA) is 275 Å². The molecule has 8 N–H and O–H groups in total. The van der Waals surface area contributed by atoms with Gasteiger partial charge in [-0.25, -0.2) is 0 Å². The summed E-state index contributed by atoms with van der Waals surface area (Å²) in [6.07, 6.45) is 0. The Morgan fingerprint density at radius 2 is 0.842 bits per heavy atom. The number of nitrogens with zero attached hydrogens (tertiary/aromatic N) is 3. The standard InChI is InChI=1S/2C2H8N2.Co.NO3.2HNO2/c2*3-1-2-4;;2-1(3)4;2*2-1-3/h2*1-4H2;;;2*(H,2,3)/q;;;-1;;/p-2. The Labute approximate surface area is 118 Å². The van der Waals surface area contributed by atoms with E-state index in [0.717, 1.165) is 10.7 Å². The van der Waals surface area contributed by atoms with Crippen LogP contribution in [0.3, 0.4) is 0 Å². The summed E-state index contributed by atoms with van der Waals surface area (Å²) < 4.78 is 0. The van der Waals surface area contributed by atoms with Crippen LogP contribution in [0.15, 0.2) is 10.7 Å². The Morgan fingerprint density at radius 1 is 0.789 bits per heavy atom. The van der Waals surface area contributed by atoms with Gasteiger partial charge in [0.1, 0.15) is 0 Å². The minimum Gasteiger partial charge on any atom is -0.444 e. The molecule has 121 valence electrons. The molecule has 0 spiro atoms. The first-order valence-electron chi connectivity index (χ1n) is 3.91. The van der Waals surface area contributed by atoms with Crippen LogP contribution in [0, 0.1) is 35.6 Å². The molecule has 19 heavy (non-hydrogen) atoms. The quantitative estimate of drug-likeness (QED) is 0.245. The molecule has 0 saturated carbocycles. The van der Waals surface area contributed by atoms with E-state index in [9.17, 15) is 0 Å². The smallest absolute Gasteiger partial charge is 0.0689 e. The summed E-state index contributed by atoms with van der Waals surface area (Å²) in [4.78, 5) is 24.2. The first-order chi connectivity index (χ1) is 8.39. The van der Waals surface area contributed by atoms with E-state index in [1.54, 1.807) is 0 Å². The summed E-state index contributed by atoms with van der Waals surface area (Å²) in [6, 6.07) is 0. The minimum atomic E-state index is -1.75. The van der Waals surface area contributed by atoms with Gasteiger partial charge in [-0.3, -0.25) is 0 Å². The van der Waals surface area contributed by atoms with E-state index in [1.807, 2.05) is 0 Å². The molecule has 0 aromatic rings. The molecule has 0 bridgehead atoms. The minimum absolute atomic E-state index is 0. The third kappa shape index (κ3) is 28000. The molecule has 0 atom stereocenters. The van der Waals surface area contributed by atoms with E-state index in [1.165, 1.54) is 0 Å². The van der Waals surface area contributed by atoms with Crippen molar-refractivity contribution in [2.75, 3.05) is 26.2 Å². The summed E-state index contributed by atoms with van der Waals surface area (Å²) in [5.41, 5.74) is 19.6. The molecule has 1 radical (unpaired) electrons. The fourth-order valence-corrected chi connectivity index (χ4v) is 0. The number of hydrogen-bond donors (Lipinski definition) is 4. The molecule has 0 unspecified atom stereocenters. The zero-order valence-electron chi connectivity index (χ0n) is 9.67. The fourth-order valence-electron chi connectivity index (χ4n) is 0. The summed E-state index contributed by atoms with van der Waals surface area (Å²) in [5, 5.41) is 32.8. The van der Waals surface area contributed by atoms with Crippen LogP contribution >= 0.6 is 0 Å². The molecule has 0 fully saturated rings. The van der Waals surface area contributed by atoms with Crippen LogP contribution in [0.1, 0.15) is 0 Å². The third-order valence-corrected chi connectivity index (χ3v) is 0.333. The predicted molar refractivity (Wildman–Crippen MR) is 64.9 cm³/mol. The summed E-state index contributed by atoms with van der Waals surface area (Å²) >= 11 is 0. The van der Waals surface area contributed by atoms with Gasteiger partial charge in [-0.2, -0.15) is 0 Å². The van der Waals surface area contributed by atoms with Crippen molar-refractivity contribution in [3.8, 4) is 0 Å². The first kappa shape index (κ1) is 36.0. The maximum atomic E-state index is 8.25. The van der Waals surface area contributed by atoms with Crippen molar-refractivity contribution in [2.45, 2.75) is 0 Å². The van der Waals surface area contributed by atoms with Gasteiger partial charge >= 0.3 is 0 Å². The van der Waals surface area contributed by atoms with Crippen molar-refractivity contribution >= 4 is 0 Å². The predicted octanol–water partition coefficient (Wildman–Crippen LogP) is -1.93. The summed E-state index contributed by atoms with van der Waals surface area (Å²) in [7, 11) is 0. The van der Waals surface area contributed by atoms with Crippen LogP contribution in [-0.4, -0.2) is 31.3 Å². The van der Waals surface area contributed by atoms with Crippen LogP contribution in [-0.2, 0) is 16.8 Å². The molecule has 0 aromatic carbocycles. The summed E-state index contributed by atoms with van der Waals surface area (Å²) in [6.45, 7) is 2.39. The third-order valence-electron chi connectivity index (χ3n) is 0.333. The van der Waals surface area contributed by atoms with Crippen LogP contribution in [0.4, 0.5) is 0 Å². The molecular formula is C4H16CoN7O7-3. The summed E-state index contributed by atoms with van der Waals surface area (Å²) in [5.74, 6) is 0. The Kier molecular flexibility index (Phi) is 135. The average molecular weight is 333 g/mol. The molecule has 0 aliphatic heterocycles. The number of nitrogens with two attached hydrogens (primary N) is 4. The van der Waals surface area contributed by atoms with E-state index in [2.05, 4.69) is 0 Å². The van der Waals surface area contributed by atoms with Gasteiger partial charge in [-0.1, -0.05) is 0 Å². The SMILES string of the molecule is NCCN.NCCN.O=N[O-].O=N[O-].O=[N+]([O-])[O-].[Co]. The second-order valence-corrected chi connectivity index (χ2v) is 1.53. The molecule has 0 saturated heterocycles. The van der Waals surface area contributed by atoms with Crippen molar-refractivity contribution in [1.82, 2.24) is 0 Å². The fraction of sp³-hybridized carbons (Fsp3) is 1.00. The molecule has 15 heteroatoms. The van der Waals surface area contributed by atoms with Gasteiger partial charge in [0.2, 0.25) is 0 Å². The molecular weight excluding hydrogens is 317 g/mol. The van der Waals surface area contributed by atoms with Crippen molar-refractivity contribution in [1.29, 1.82) is 0 Å². The maximum absolute atomic E-state index is 8.25. The van der Waals surface area contributed by atoms with Crippen molar-refractivity contribution in [3.05, 3.63) is 35.6 Å². The van der Waals surface area contributed by atoms with Crippen LogP contribution in [0.2, 0.25) is 0 Å². The molecule has 0 aliphatic carbocycles. The molecule has 0 aliphatic rings. The van der Waals surface area contributed by atoms with Gasteiger partial charge in [0.25, 0.3) is 0 Å². The van der Waals surface area contributed by atoms with Crippen molar-refractivity contribution in [2.24, 2.45) is 33.6 Å². The van der Waals surface area contributed by atoms with E-state index >= 15 is 0 Å². The van der Waals surface area contributed by atoms with E-state index in [0.29, 0.717) is 26.2 Å². The Balaban J connectivity index is -0.0000000276. The van der Waals surface area contributed by atoms with E-state index in [4.69, 9.17) is 58.5 Å². The van der Waals surface area contributed by atoms with Crippen LogP contribution in [0.5, 0.6) is 0 Å². The van der Waals surface area contributed by atoms with Gasteiger partial charge < -0.3 is 58.5 Å². The monoisotopic (exact) mass is 333 g/mol. The number of hydrogen-bond acceptors (Lipinski definition) is 13. The van der Waals surface area contributed by atoms with Crippen molar-refractivity contribution in [3.63, 3.8) is 0 Å². The van der Waals surface area contributed by atoms with Gasteiger partial charge in [-0.05, 0) is 0 Å². The zero-order chi connectivity index (χ0) is 15.8. The van der Waals surface area contributed by atoms with Crippen LogP contribution in [0.25, 0.3) is 0 Å². The van der Waals surface area contributed by atoms with Gasteiger partial charge in [0.05, 0.1) is 5.09 Å². The van der Waals surface area contributed by atoms with E-state index in [-0.39, 0.29) is 16.8 Å². The molecule has 0 amide bonds. The van der Waals surface area contributed by atoms with Gasteiger partial charge in [0, 0.05) is 43.0 Å². The second-order valence-electron chi connectivity index (χ2n) is 1.53. The van der Waals surface area contributed by atoms with Crippen LogP contribution < -0.4 is 22.9 Å². The first-order valence-corrected chi connectivity index (χ1v) is 3.91. The molecule has 14 nitrogen and oxygen atoms in total. The largest absolute Gasteiger partial charge is 0.444 e. The Morgan fingerprint density at radius 3 is 0.842 bits per heavy atom. The van der Waals surface area contributed by atoms with Gasteiger partial charge in [0.15, 0.2) is 0 Å². The van der Waals surface area contributed by atoms with Gasteiger partial charge in [-0.15, -0.1) is 10.7 Å². The Hall–Kier alpha value is -1.65.